The van der Waals surface area contributed by atoms with Crippen molar-refractivity contribution in [3.05, 3.63) is 0 Å². The van der Waals surface area contributed by atoms with E-state index >= 15 is 0 Å². The lowest BCUT2D eigenvalue weighted by atomic mass is 9.74. The van der Waals surface area contributed by atoms with Gasteiger partial charge in [0.05, 0.1) is 6.04 Å². The number of hydrogen-bond donors (Lipinski definition) is 1. The summed E-state index contributed by atoms with van der Waals surface area (Å²) in [6.45, 7) is 10.1. The van der Waals surface area contributed by atoms with Gasteiger partial charge in [-0.05, 0) is 25.2 Å². The van der Waals surface area contributed by atoms with E-state index in [0.717, 1.165) is 19.3 Å². The average molecular weight is 241 g/mol. The van der Waals surface area contributed by atoms with Gasteiger partial charge in [0.1, 0.15) is 0 Å². The summed E-state index contributed by atoms with van der Waals surface area (Å²) in [4.78, 5) is 12.2. The number of rotatable bonds is 4. The van der Waals surface area contributed by atoms with Gasteiger partial charge in [-0.1, -0.05) is 53.9 Å². The second kappa shape index (κ2) is 7.86. The Morgan fingerprint density at radius 1 is 1.24 bits per heavy atom. The maximum absolute atomic E-state index is 12.2. The first kappa shape index (κ1) is 16.6. The quantitative estimate of drug-likeness (QED) is 0.810. The van der Waals surface area contributed by atoms with E-state index in [2.05, 4.69) is 6.92 Å². The number of Topliss-reactive ketones (excluding diaryl/α,β-unsaturated/α-hetero) is 1. The summed E-state index contributed by atoms with van der Waals surface area (Å²) in [6.07, 6.45) is 6.98. The third-order valence-corrected chi connectivity index (χ3v) is 4.01. The van der Waals surface area contributed by atoms with Crippen molar-refractivity contribution in [3.63, 3.8) is 0 Å². The normalized spacial score (nSPS) is 19.2. The Morgan fingerprint density at radius 2 is 1.71 bits per heavy atom. The third kappa shape index (κ3) is 4.79. The molecule has 0 saturated heterocycles. The van der Waals surface area contributed by atoms with E-state index in [-0.39, 0.29) is 17.2 Å². The Balaban J connectivity index is 0.00000121. The summed E-state index contributed by atoms with van der Waals surface area (Å²) in [6, 6.07) is -0.222. The van der Waals surface area contributed by atoms with Crippen LogP contribution in [-0.2, 0) is 4.79 Å². The van der Waals surface area contributed by atoms with Gasteiger partial charge >= 0.3 is 0 Å². The van der Waals surface area contributed by atoms with Crippen molar-refractivity contribution in [1.29, 1.82) is 0 Å². The summed E-state index contributed by atoms with van der Waals surface area (Å²) in [7, 11) is 0. The molecular formula is C15H31NO. The molecule has 2 heteroatoms. The molecule has 0 spiro atoms. The Bertz CT molecular complexity index is 217. The van der Waals surface area contributed by atoms with Gasteiger partial charge in [0.2, 0.25) is 0 Å². The van der Waals surface area contributed by atoms with Crippen LogP contribution < -0.4 is 5.73 Å². The van der Waals surface area contributed by atoms with Crippen LogP contribution in [0.1, 0.15) is 73.1 Å². The molecule has 1 fully saturated rings. The number of nitrogens with two attached hydrogens (primary N) is 1. The molecule has 0 bridgehead atoms. The molecule has 0 aromatic carbocycles. The maximum Gasteiger partial charge on any atom is 0.155 e. The third-order valence-electron chi connectivity index (χ3n) is 4.01. The van der Waals surface area contributed by atoms with Crippen molar-refractivity contribution in [1.82, 2.24) is 0 Å². The van der Waals surface area contributed by atoms with E-state index in [0.29, 0.717) is 5.92 Å². The Hall–Kier alpha value is -0.370. The van der Waals surface area contributed by atoms with Crippen LogP contribution in [0.2, 0.25) is 0 Å². The Labute approximate surface area is 107 Å². The van der Waals surface area contributed by atoms with Gasteiger partial charge in [-0.25, -0.2) is 0 Å². The second-order valence-electron chi connectivity index (χ2n) is 5.53. The molecule has 1 saturated carbocycles. The summed E-state index contributed by atoms with van der Waals surface area (Å²) in [5.41, 5.74) is 5.86. The van der Waals surface area contributed by atoms with Gasteiger partial charge in [0.15, 0.2) is 5.78 Å². The molecule has 0 radical (unpaired) electrons. The van der Waals surface area contributed by atoms with Gasteiger partial charge in [0.25, 0.3) is 0 Å². The molecule has 0 aromatic rings. The van der Waals surface area contributed by atoms with Crippen LogP contribution in [-0.4, -0.2) is 11.8 Å². The summed E-state index contributed by atoms with van der Waals surface area (Å²) in [5, 5.41) is 0. The molecule has 2 N–H and O–H groups in total. The minimum absolute atomic E-state index is 0.222. The topological polar surface area (TPSA) is 43.1 Å². The van der Waals surface area contributed by atoms with Crippen LogP contribution in [0.5, 0.6) is 0 Å². The zero-order chi connectivity index (χ0) is 13.5. The van der Waals surface area contributed by atoms with Crippen LogP contribution in [0.4, 0.5) is 0 Å². The largest absolute Gasteiger partial charge is 0.321 e. The smallest absolute Gasteiger partial charge is 0.155 e. The SMILES string of the molecule is CC.CCC(C)(C)C(=O)C(N)C1CCCCC1. The first-order chi connectivity index (χ1) is 7.99. The lowest BCUT2D eigenvalue weighted by Crippen LogP contribution is -2.45. The molecule has 0 heterocycles. The van der Waals surface area contributed by atoms with Crippen molar-refractivity contribution in [2.24, 2.45) is 17.1 Å². The monoisotopic (exact) mass is 241 g/mol. The minimum atomic E-state index is -0.239. The van der Waals surface area contributed by atoms with E-state index in [1.807, 2.05) is 27.7 Å². The summed E-state index contributed by atoms with van der Waals surface area (Å²) >= 11 is 0. The van der Waals surface area contributed by atoms with Gasteiger partial charge in [-0.15, -0.1) is 0 Å². The van der Waals surface area contributed by atoms with Crippen molar-refractivity contribution in [2.45, 2.75) is 79.2 Å². The van der Waals surface area contributed by atoms with E-state index in [1.54, 1.807) is 0 Å². The highest BCUT2D eigenvalue weighted by Crippen LogP contribution is 2.30. The van der Waals surface area contributed by atoms with E-state index < -0.39 is 0 Å². The molecule has 1 atom stereocenters. The van der Waals surface area contributed by atoms with Crippen LogP contribution >= 0.6 is 0 Å². The predicted molar refractivity (Wildman–Crippen MR) is 75.0 cm³/mol. The molecule has 1 unspecified atom stereocenters. The van der Waals surface area contributed by atoms with Gasteiger partial charge < -0.3 is 5.73 Å². The fraction of sp³-hybridized carbons (Fsp3) is 0.933. The minimum Gasteiger partial charge on any atom is -0.321 e. The molecule has 2 nitrogen and oxygen atoms in total. The molecule has 17 heavy (non-hydrogen) atoms. The zero-order valence-corrected chi connectivity index (χ0v) is 12.4. The first-order valence-corrected chi connectivity index (χ1v) is 7.29. The van der Waals surface area contributed by atoms with Crippen molar-refractivity contribution < 1.29 is 4.79 Å². The number of hydrogen-bond acceptors (Lipinski definition) is 2. The molecular weight excluding hydrogens is 210 g/mol. The van der Waals surface area contributed by atoms with Crippen molar-refractivity contribution in [3.8, 4) is 0 Å². The zero-order valence-electron chi connectivity index (χ0n) is 12.4. The summed E-state index contributed by atoms with van der Waals surface area (Å²) < 4.78 is 0. The molecule has 0 amide bonds. The molecule has 102 valence electrons. The Kier molecular flexibility index (Phi) is 7.69. The maximum atomic E-state index is 12.2. The standard InChI is InChI=1S/C13H25NO.C2H6/c1-4-13(2,3)12(15)11(14)10-8-6-5-7-9-10;1-2/h10-11H,4-9,14H2,1-3H3;1-2H3. The number of ketones is 1. The van der Waals surface area contributed by atoms with Crippen LogP contribution in [0, 0.1) is 11.3 Å². The summed E-state index contributed by atoms with van der Waals surface area (Å²) in [5.74, 6) is 0.703. The number of carbonyl (C=O) groups is 1. The Morgan fingerprint density at radius 3 is 2.12 bits per heavy atom. The lowest BCUT2D eigenvalue weighted by Gasteiger charge is -2.32. The van der Waals surface area contributed by atoms with Crippen molar-refractivity contribution >= 4 is 5.78 Å². The van der Waals surface area contributed by atoms with Crippen LogP contribution in [0.25, 0.3) is 0 Å². The van der Waals surface area contributed by atoms with Crippen LogP contribution in [0.15, 0.2) is 0 Å². The fourth-order valence-corrected chi connectivity index (χ4v) is 2.33. The highest BCUT2D eigenvalue weighted by molar-refractivity contribution is 5.89. The van der Waals surface area contributed by atoms with E-state index in [1.165, 1.54) is 19.3 Å². The highest BCUT2D eigenvalue weighted by Gasteiger charge is 2.34. The van der Waals surface area contributed by atoms with Gasteiger partial charge in [0, 0.05) is 5.41 Å². The van der Waals surface area contributed by atoms with E-state index in [9.17, 15) is 4.79 Å². The molecule has 0 aromatic heterocycles. The first-order valence-electron chi connectivity index (χ1n) is 7.29. The molecule has 0 aliphatic heterocycles. The fourth-order valence-electron chi connectivity index (χ4n) is 2.33. The number of carbonyl (C=O) groups excluding carboxylic acids is 1. The highest BCUT2D eigenvalue weighted by atomic mass is 16.1. The lowest BCUT2D eigenvalue weighted by molar-refractivity contribution is -0.130. The molecule has 1 aliphatic rings. The van der Waals surface area contributed by atoms with Crippen LogP contribution in [0.3, 0.4) is 0 Å². The average Bonchev–Trinajstić information content (AvgIpc) is 2.40. The van der Waals surface area contributed by atoms with E-state index in [4.69, 9.17) is 5.73 Å². The van der Waals surface area contributed by atoms with Gasteiger partial charge in [-0.3, -0.25) is 4.79 Å². The predicted octanol–water partition coefficient (Wildman–Crippen LogP) is 3.93. The molecule has 1 rings (SSSR count). The van der Waals surface area contributed by atoms with Gasteiger partial charge in [-0.2, -0.15) is 0 Å². The van der Waals surface area contributed by atoms with Crippen molar-refractivity contribution in [2.75, 3.05) is 0 Å². The second-order valence-corrected chi connectivity index (χ2v) is 5.53. The molecule has 1 aliphatic carbocycles.